The van der Waals surface area contributed by atoms with Crippen LogP contribution in [0.3, 0.4) is 0 Å². The molecule has 6 nitrogen and oxygen atoms in total. The maximum absolute atomic E-state index is 10.7. The zero-order valence-electron chi connectivity index (χ0n) is 8.12. The highest BCUT2D eigenvalue weighted by atomic mass is 32.2. The van der Waals surface area contributed by atoms with Crippen LogP contribution < -0.4 is 15.0 Å². The van der Waals surface area contributed by atoms with E-state index >= 15 is 0 Å². The summed E-state index contributed by atoms with van der Waals surface area (Å²) in [6.45, 7) is 2.35. The number of rotatable bonds is 4. The Morgan fingerprint density at radius 3 is 2.33 bits per heavy atom. The molecule has 0 saturated carbocycles. The van der Waals surface area contributed by atoms with Gasteiger partial charge in [0.05, 0.1) is 12.3 Å². The zero-order chi connectivity index (χ0) is 11.5. The summed E-state index contributed by atoms with van der Waals surface area (Å²) in [6.07, 6.45) is 0. The van der Waals surface area contributed by atoms with Crippen LogP contribution in [0.2, 0.25) is 0 Å². The van der Waals surface area contributed by atoms with E-state index < -0.39 is 10.3 Å². The molecule has 0 spiro atoms. The fraction of sp³-hybridized carbons (Fsp3) is 0.250. The maximum atomic E-state index is 10.7. The Kier molecular flexibility index (Phi) is 3.51. The van der Waals surface area contributed by atoms with Crippen LogP contribution in [0.4, 0.5) is 5.69 Å². The summed E-state index contributed by atoms with van der Waals surface area (Å²) in [5, 5.41) is 0. The molecule has 15 heavy (non-hydrogen) atoms. The van der Waals surface area contributed by atoms with Crippen LogP contribution >= 0.6 is 0 Å². The van der Waals surface area contributed by atoms with Gasteiger partial charge in [0.1, 0.15) is 5.75 Å². The van der Waals surface area contributed by atoms with E-state index in [0.29, 0.717) is 12.4 Å². The van der Waals surface area contributed by atoms with Crippen molar-refractivity contribution in [1.82, 2.24) is 0 Å². The number of ether oxygens (including phenoxy) is 1. The Morgan fingerprint density at radius 2 is 1.93 bits per heavy atom. The quantitative estimate of drug-likeness (QED) is 0.449. The Labute approximate surface area is 88.1 Å². The Bertz CT molecular complexity index is 415. The maximum Gasteiger partial charge on any atom is 0.373 e. The first-order valence-corrected chi connectivity index (χ1v) is 5.60. The second-order valence-corrected chi connectivity index (χ2v) is 3.99. The third-order valence-electron chi connectivity index (χ3n) is 1.65. The number of hydrogen-bond acceptors (Lipinski definition) is 4. The molecule has 0 heterocycles. The van der Waals surface area contributed by atoms with Crippen molar-refractivity contribution in [2.24, 2.45) is 5.84 Å². The molecule has 1 aromatic carbocycles. The van der Waals surface area contributed by atoms with Crippen LogP contribution in [0.15, 0.2) is 24.3 Å². The highest BCUT2D eigenvalue weighted by Crippen LogP contribution is 2.18. The zero-order valence-corrected chi connectivity index (χ0v) is 8.94. The molecule has 0 aliphatic rings. The first-order chi connectivity index (χ1) is 6.95. The molecule has 0 radical (unpaired) electrons. The fourth-order valence-electron chi connectivity index (χ4n) is 0.989. The molecule has 0 atom stereocenters. The molecule has 3 N–H and O–H groups in total. The van der Waals surface area contributed by atoms with Crippen LogP contribution in [0, 0.1) is 0 Å². The molecule has 0 saturated heterocycles. The molecular weight excluding hydrogens is 220 g/mol. The van der Waals surface area contributed by atoms with Gasteiger partial charge in [0, 0.05) is 0 Å². The van der Waals surface area contributed by atoms with Gasteiger partial charge in [-0.25, -0.2) is 5.84 Å². The molecular formula is C8H12N2O4S. The molecule has 0 amide bonds. The molecule has 7 heteroatoms. The van der Waals surface area contributed by atoms with Crippen LogP contribution in [0.1, 0.15) is 6.92 Å². The van der Waals surface area contributed by atoms with Gasteiger partial charge < -0.3 is 4.74 Å². The van der Waals surface area contributed by atoms with E-state index in [1.54, 1.807) is 12.1 Å². The number of hydrogen-bond donors (Lipinski definition) is 2. The van der Waals surface area contributed by atoms with Gasteiger partial charge in [-0.1, -0.05) is 0 Å². The van der Waals surface area contributed by atoms with Crippen LogP contribution in [-0.2, 0) is 10.3 Å². The number of benzene rings is 1. The van der Waals surface area contributed by atoms with Gasteiger partial charge >= 0.3 is 10.3 Å². The first kappa shape index (κ1) is 11.8. The molecule has 84 valence electrons. The number of nitrogens with two attached hydrogens (primary N) is 1. The summed E-state index contributed by atoms with van der Waals surface area (Å²) >= 11 is 0. The van der Waals surface area contributed by atoms with Crippen molar-refractivity contribution in [3.8, 4) is 5.75 Å². The van der Waals surface area contributed by atoms with Crippen molar-refractivity contribution in [3.05, 3.63) is 24.3 Å². The normalized spacial score (nSPS) is 11.1. The molecule has 0 unspecified atom stereocenters. The monoisotopic (exact) mass is 232 g/mol. The largest absolute Gasteiger partial charge is 0.494 e. The summed E-state index contributed by atoms with van der Waals surface area (Å²) in [6, 6.07) is 5.98. The van der Waals surface area contributed by atoms with Crippen molar-refractivity contribution in [3.63, 3.8) is 0 Å². The average molecular weight is 232 g/mol. The minimum atomic E-state index is -4.41. The Balaban J connectivity index is 2.89. The Hall–Kier alpha value is -1.31. The third kappa shape index (κ3) is 3.08. The van der Waals surface area contributed by atoms with E-state index in [0.717, 1.165) is 0 Å². The average Bonchev–Trinajstić information content (AvgIpc) is 2.17. The SMILES string of the molecule is CCOc1ccc(N(N)S(=O)(=O)O)cc1. The smallest absolute Gasteiger partial charge is 0.373 e. The van der Waals surface area contributed by atoms with Gasteiger partial charge in [-0.2, -0.15) is 12.8 Å². The van der Waals surface area contributed by atoms with E-state index in [4.69, 9.17) is 15.1 Å². The molecule has 1 aromatic rings. The lowest BCUT2D eigenvalue weighted by atomic mass is 10.3. The summed E-state index contributed by atoms with van der Waals surface area (Å²) in [5.41, 5.74) is 0.154. The lowest BCUT2D eigenvalue weighted by Crippen LogP contribution is -2.36. The molecule has 1 rings (SSSR count). The van der Waals surface area contributed by atoms with Crippen molar-refractivity contribution in [1.29, 1.82) is 0 Å². The van der Waals surface area contributed by atoms with Gasteiger partial charge in [0.2, 0.25) is 0 Å². The highest BCUT2D eigenvalue weighted by Gasteiger charge is 2.14. The number of anilines is 1. The number of hydrazine groups is 1. The highest BCUT2D eigenvalue weighted by molar-refractivity contribution is 7.87. The predicted octanol–water partition coefficient (Wildman–Crippen LogP) is 0.568. The molecule has 0 aliphatic carbocycles. The van der Waals surface area contributed by atoms with Gasteiger partial charge in [-0.05, 0) is 31.2 Å². The molecule has 0 aromatic heterocycles. The molecule has 0 fully saturated rings. The molecule has 0 bridgehead atoms. The second-order valence-electron chi connectivity index (χ2n) is 2.70. The van der Waals surface area contributed by atoms with Crippen LogP contribution in [0.5, 0.6) is 5.75 Å². The standard InChI is InChI=1S/C8H12N2O4S/c1-2-14-8-5-3-7(4-6-8)10(9)15(11,12)13/h3-6H,2,9H2,1H3,(H,11,12,13). The minimum absolute atomic E-state index is 0.154. The van der Waals surface area contributed by atoms with Gasteiger partial charge in [0.25, 0.3) is 0 Å². The summed E-state index contributed by atoms with van der Waals surface area (Å²) < 4.78 is 35.4. The minimum Gasteiger partial charge on any atom is -0.494 e. The van der Waals surface area contributed by atoms with Gasteiger partial charge in [-0.15, -0.1) is 0 Å². The first-order valence-electron chi connectivity index (χ1n) is 4.20. The van der Waals surface area contributed by atoms with E-state index in [1.807, 2.05) is 6.92 Å². The van der Waals surface area contributed by atoms with Crippen LogP contribution in [-0.4, -0.2) is 19.6 Å². The fourth-order valence-corrected chi connectivity index (χ4v) is 1.38. The van der Waals surface area contributed by atoms with E-state index in [2.05, 4.69) is 0 Å². The predicted molar refractivity (Wildman–Crippen MR) is 55.8 cm³/mol. The van der Waals surface area contributed by atoms with Gasteiger partial charge in [-0.3, -0.25) is 4.55 Å². The van der Waals surface area contributed by atoms with E-state index in [9.17, 15) is 8.42 Å². The lowest BCUT2D eigenvalue weighted by molar-refractivity contribution is 0.340. The molecule has 0 aliphatic heterocycles. The van der Waals surface area contributed by atoms with Crippen molar-refractivity contribution in [2.75, 3.05) is 11.0 Å². The van der Waals surface area contributed by atoms with Gasteiger partial charge in [0.15, 0.2) is 0 Å². The lowest BCUT2D eigenvalue weighted by Gasteiger charge is -2.14. The van der Waals surface area contributed by atoms with Crippen molar-refractivity contribution in [2.45, 2.75) is 6.92 Å². The summed E-state index contributed by atoms with van der Waals surface area (Å²) in [5.74, 6) is 5.75. The number of nitrogens with zero attached hydrogens (tertiary/aromatic N) is 1. The second kappa shape index (κ2) is 4.47. The van der Waals surface area contributed by atoms with E-state index in [-0.39, 0.29) is 10.1 Å². The van der Waals surface area contributed by atoms with Crippen molar-refractivity contribution >= 4 is 16.0 Å². The Morgan fingerprint density at radius 1 is 1.40 bits per heavy atom. The van der Waals surface area contributed by atoms with E-state index in [1.165, 1.54) is 12.1 Å². The summed E-state index contributed by atoms with van der Waals surface area (Å²) in [4.78, 5) is 0. The topological polar surface area (TPSA) is 92.9 Å². The third-order valence-corrected chi connectivity index (χ3v) is 2.36. The summed E-state index contributed by atoms with van der Waals surface area (Å²) in [7, 11) is -4.41. The van der Waals surface area contributed by atoms with Crippen molar-refractivity contribution < 1.29 is 17.7 Å². The van der Waals surface area contributed by atoms with Crippen LogP contribution in [0.25, 0.3) is 0 Å².